The zero-order chi connectivity index (χ0) is 25.8. The fourth-order valence-electron chi connectivity index (χ4n) is 5.48. The molecule has 9 heteroatoms. The maximum absolute atomic E-state index is 13.4. The summed E-state index contributed by atoms with van der Waals surface area (Å²) in [5.74, 6) is 0.371. The van der Waals surface area contributed by atoms with Gasteiger partial charge in [0.05, 0.1) is 31.1 Å². The van der Waals surface area contributed by atoms with Gasteiger partial charge in [0.1, 0.15) is 11.9 Å². The molecule has 2 aliphatic rings. The van der Waals surface area contributed by atoms with E-state index in [4.69, 9.17) is 14.6 Å². The van der Waals surface area contributed by atoms with Crippen LogP contribution in [0.15, 0.2) is 60.7 Å². The molecule has 0 bridgehead atoms. The molecule has 3 aromatic rings. The van der Waals surface area contributed by atoms with Crippen molar-refractivity contribution < 1.29 is 19.1 Å². The van der Waals surface area contributed by atoms with Crippen LogP contribution in [0.2, 0.25) is 0 Å². The van der Waals surface area contributed by atoms with E-state index >= 15 is 0 Å². The Hall–Kier alpha value is -3.69. The van der Waals surface area contributed by atoms with Crippen molar-refractivity contribution in [3.8, 4) is 5.69 Å². The number of hydrogen-bond donors (Lipinski definition) is 2. The number of aryl methyl sites for hydroxylation is 1. The molecule has 2 amide bonds. The molecule has 0 spiro atoms. The van der Waals surface area contributed by atoms with Gasteiger partial charge in [-0.2, -0.15) is 5.10 Å². The van der Waals surface area contributed by atoms with Crippen LogP contribution >= 0.6 is 0 Å². The molecular formula is C28H33N5O4. The van der Waals surface area contributed by atoms with Crippen LogP contribution in [0.5, 0.6) is 0 Å². The van der Waals surface area contributed by atoms with Crippen LogP contribution in [0.25, 0.3) is 5.69 Å². The van der Waals surface area contributed by atoms with Gasteiger partial charge >= 0.3 is 12.0 Å². The average Bonchev–Trinajstić information content (AvgIpc) is 3.64. The van der Waals surface area contributed by atoms with Crippen molar-refractivity contribution in [3.05, 3.63) is 77.5 Å². The summed E-state index contributed by atoms with van der Waals surface area (Å²) in [4.78, 5) is 28.0. The van der Waals surface area contributed by atoms with E-state index in [1.54, 1.807) is 7.11 Å². The molecule has 3 atom stereocenters. The smallest absolute Gasteiger partial charge is 0.325 e. The first-order chi connectivity index (χ1) is 18.1. The minimum atomic E-state index is -0.543. The molecule has 1 saturated heterocycles. The Labute approximate surface area is 216 Å². The average molecular weight is 504 g/mol. The van der Waals surface area contributed by atoms with Crippen molar-refractivity contribution in [2.45, 2.75) is 37.3 Å². The summed E-state index contributed by atoms with van der Waals surface area (Å²) in [5, 5.41) is 11.1. The highest BCUT2D eigenvalue weighted by molar-refractivity contribution is 5.90. The molecule has 2 aromatic carbocycles. The minimum Gasteiger partial charge on any atom is -0.468 e. The van der Waals surface area contributed by atoms with E-state index in [1.165, 1.54) is 7.11 Å². The monoisotopic (exact) mass is 503 g/mol. The number of nitrogens with zero attached hydrogens (tertiary/aromatic N) is 3. The predicted octanol–water partition coefficient (Wildman–Crippen LogP) is 3.14. The molecule has 9 nitrogen and oxygen atoms in total. The lowest BCUT2D eigenvalue weighted by molar-refractivity contribution is -0.148. The molecule has 2 unspecified atom stereocenters. The fraction of sp³-hybridized carbons (Fsp3) is 0.393. The van der Waals surface area contributed by atoms with Crippen molar-refractivity contribution >= 4 is 17.8 Å². The number of likely N-dealkylation sites (tertiary alicyclic amines) is 1. The molecule has 37 heavy (non-hydrogen) atoms. The number of ether oxygens (including phenoxy) is 2. The number of methoxy groups -OCH3 is 2. The molecule has 194 valence electrons. The van der Waals surface area contributed by atoms with Gasteiger partial charge in [0, 0.05) is 31.7 Å². The highest BCUT2D eigenvalue weighted by atomic mass is 16.5. The Morgan fingerprint density at radius 3 is 2.46 bits per heavy atom. The molecule has 0 saturated carbocycles. The van der Waals surface area contributed by atoms with Crippen molar-refractivity contribution in [2.75, 3.05) is 39.2 Å². The van der Waals surface area contributed by atoms with Gasteiger partial charge in [-0.25, -0.2) is 9.48 Å². The second kappa shape index (κ2) is 11.1. The first kappa shape index (κ1) is 25.0. The fourth-order valence-corrected chi connectivity index (χ4v) is 5.48. The lowest BCUT2D eigenvalue weighted by Crippen LogP contribution is -2.46. The van der Waals surface area contributed by atoms with Gasteiger partial charge in [-0.15, -0.1) is 0 Å². The third kappa shape index (κ3) is 5.23. The van der Waals surface area contributed by atoms with E-state index in [9.17, 15) is 9.59 Å². The summed E-state index contributed by atoms with van der Waals surface area (Å²) in [6.07, 6.45) is 2.83. The molecule has 5 rings (SSSR count). The largest absolute Gasteiger partial charge is 0.468 e. The molecule has 1 aliphatic heterocycles. The zero-order valence-electron chi connectivity index (χ0n) is 21.2. The van der Waals surface area contributed by atoms with Gasteiger partial charge in [0.25, 0.3) is 0 Å². The van der Waals surface area contributed by atoms with Gasteiger partial charge < -0.3 is 14.8 Å². The lowest BCUT2D eigenvalue weighted by atomic mass is 9.94. The number of aromatic nitrogens is 2. The number of rotatable bonds is 8. The number of urea groups is 1. The van der Waals surface area contributed by atoms with Gasteiger partial charge in [0.15, 0.2) is 0 Å². The van der Waals surface area contributed by atoms with Gasteiger partial charge in [0.2, 0.25) is 0 Å². The van der Waals surface area contributed by atoms with E-state index in [0.29, 0.717) is 18.9 Å². The van der Waals surface area contributed by atoms with Crippen molar-refractivity contribution in [1.29, 1.82) is 0 Å². The third-order valence-corrected chi connectivity index (χ3v) is 7.27. The maximum atomic E-state index is 13.4. The van der Waals surface area contributed by atoms with Gasteiger partial charge in [-0.1, -0.05) is 48.5 Å². The van der Waals surface area contributed by atoms with Crippen molar-refractivity contribution in [2.24, 2.45) is 0 Å². The standard InChI is InChI=1S/C28H33N5O4/c1-36-18-25(27(34)37-2)32-16-22(19-10-5-3-6-11-19)24(17-32)29-28(35)30-26-21-14-9-15-23(21)31-33(26)20-12-7-4-8-13-20/h3-8,10-13,22,24-25H,9,14-18H2,1-2H3,(H2,29,30,35)/t22?,24-,25?/m1/s1. The molecule has 1 aromatic heterocycles. The van der Waals surface area contributed by atoms with Crippen LogP contribution in [-0.4, -0.2) is 72.7 Å². The van der Waals surface area contributed by atoms with Crippen molar-refractivity contribution in [3.63, 3.8) is 0 Å². The van der Waals surface area contributed by atoms with Crippen LogP contribution < -0.4 is 10.6 Å². The van der Waals surface area contributed by atoms with E-state index in [2.05, 4.69) is 22.8 Å². The Bertz CT molecular complexity index is 1230. The maximum Gasteiger partial charge on any atom is 0.325 e. The molecular weight excluding hydrogens is 470 g/mol. The highest BCUT2D eigenvalue weighted by Gasteiger charge is 2.40. The summed E-state index contributed by atoms with van der Waals surface area (Å²) < 4.78 is 12.2. The lowest BCUT2D eigenvalue weighted by Gasteiger charge is -2.25. The number of carbonyl (C=O) groups is 2. The van der Waals surface area contributed by atoms with E-state index in [1.807, 2.05) is 58.1 Å². The van der Waals surface area contributed by atoms with E-state index < -0.39 is 6.04 Å². The van der Waals surface area contributed by atoms with E-state index in [0.717, 1.165) is 41.8 Å². The Balaban J connectivity index is 1.38. The number of para-hydroxylation sites is 1. The number of fused-ring (bicyclic) bond motifs is 1. The summed E-state index contributed by atoms with van der Waals surface area (Å²) in [5.41, 5.74) is 4.14. The number of amides is 2. The third-order valence-electron chi connectivity index (χ3n) is 7.27. The van der Waals surface area contributed by atoms with Crippen LogP contribution in [0, 0.1) is 0 Å². The first-order valence-electron chi connectivity index (χ1n) is 12.7. The summed E-state index contributed by atoms with van der Waals surface area (Å²) in [6.45, 7) is 1.30. The second-order valence-electron chi connectivity index (χ2n) is 9.55. The molecule has 0 radical (unpaired) electrons. The summed E-state index contributed by atoms with van der Waals surface area (Å²) >= 11 is 0. The SMILES string of the molecule is COCC(C(=O)OC)N1CC(c2ccccc2)[C@H](NC(=O)Nc2c3c(nn2-c2ccccc2)CCC3)C1. The second-order valence-corrected chi connectivity index (χ2v) is 9.55. The number of carbonyl (C=O) groups excluding carboxylic acids is 2. The van der Waals surface area contributed by atoms with Crippen LogP contribution in [-0.2, 0) is 27.1 Å². The van der Waals surface area contributed by atoms with Crippen LogP contribution in [0.4, 0.5) is 10.6 Å². The van der Waals surface area contributed by atoms with Crippen LogP contribution in [0.1, 0.15) is 29.2 Å². The Morgan fingerprint density at radius 1 is 1.03 bits per heavy atom. The van der Waals surface area contributed by atoms with Gasteiger partial charge in [-0.3, -0.25) is 15.0 Å². The normalized spacial score (nSPS) is 19.8. The molecule has 2 N–H and O–H groups in total. The first-order valence-corrected chi connectivity index (χ1v) is 12.7. The summed E-state index contributed by atoms with van der Waals surface area (Å²) in [6, 6.07) is 18.9. The summed E-state index contributed by atoms with van der Waals surface area (Å²) in [7, 11) is 2.95. The number of nitrogens with one attached hydrogen (secondary N) is 2. The number of anilines is 1. The number of benzene rings is 2. The molecule has 1 fully saturated rings. The Kier molecular flexibility index (Phi) is 7.52. The quantitative estimate of drug-likeness (QED) is 0.459. The zero-order valence-corrected chi connectivity index (χ0v) is 21.2. The molecule has 2 heterocycles. The topological polar surface area (TPSA) is 97.7 Å². The van der Waals surface area contributed by atoms with Gasteiger partial charge in [-0.05, 0) is 37.0 Å². The predicted molar refractivity (Wildman–Crippen MR) is 140 cm³/mol. The van der Waals surface area contributed by atoms with Crippen LogP contribution in [0.3, 0.4) is 0 Å². The van der Waals surface area contributed by atoms with Crippen molar-refractivity contribution in [1.82, 2.24) is 20.0 Å². The number of esters is 1. The Morgan fingerprint density at radius 2 is 1.76 bits per heavy atom. The highest BCUT2D eigenvalue weighted by Crippen LogP contribution is 2.32. The van der Waals surface area contributed by atoms with E-state index in [-0.39, 0.29) is 30.6 Å². The molecule has 1 aliphatic carbocycles. The number of hydrogen-bond acceptors (Lipinski definition) is 6. The minimum absolute atomic E-state index is 0.000659.